The molecule has 0 radical (unpaired) electrons. The van der Waals surface area contributed by atoms with Crippen LogP contribution in [0.1, 0.15) is 22.8 Å². The molecule has 0 aliphatic heterocycles. The minimum absolute atomic E-state index is 0.0561. The number of benzene rings is 2. The minimum Gasteiger partial charge on any atom is -0.484 e. The smallest absolute Gasteiger partial charge is 0.338 e. The van der Waals surface area contributed by atoms with Gasteiger partial charge in [-0.25, -0.2) is 4.79 Å². The fourth-order valence-corrected chi connectivity index (χ4v) is 2.14. The van der Waals surface area contributed by atoms with E-state index < -0.39 is 22.7 Å². The number of carbonyl (C=O) groups is 3. The van der Waals surface area contributed by atoms with Crippen LogP contribution in [0.25, 0.3) is 6.08 Å². The van der Waals surface area contributed by atoms with Crippen LogP contribution in [-0.2, 0) is 14.3 Å². The number of hydrazine groups is 1. The molecule has 0 aliphatic rings. The van der Waals surface area contributed by atoms with E-state index in [1.54, 1.807) is 6.92 Å². The SMILES string of the molecule is CCOC(=O)c1ccc(OCC(=O)NNC(=O)/C=C/c2ccc([N+](=O)[O-])cc2)cc1. The third kappa shape index (κ3) is 7.08. The Morgan fingerprint density at radius 2 is 1.70 bits per heavy atom. The zero-order valence-corrected chi connectivity index (χ0v) is 16.0. The predicted molar refractivity (Wildman–Crippen MR) is 106 cm³/mol. The first-order chi connectivity index (χ1) is 14.4. The molecule has 2 N–H and O–H groups in total. The van der Waals surface area contributed by atoms with Crippen LogP contribution in [0.2, 0.25) is 0 Å². The Morgan fingerprint density at radius 3 is 2.30 bits per heavy atom. The van der Waals surface area contributed by atoms with E-state index in [9.17, 15) is 24.5 Å². The molecular weight excluding hydrogens is 394 g/mol. The molecule has 0 fully saturated rings. The molecule has 0 atom stereocenters. The molecule has 2 rings (SSSR count). The van der Waals surface area contributed by atoms with Crippen molar-refractivity contribution in [2.75, 3.05) is 13.2 Å². The number of carbonyl (C=O) groups excluding carboxylic acids is 3. The van der Waals surface area contributed by atoms with Crippen molar-refractivity contribution in [3.8, 4) is 5.75 Å². The average molecular weight is 413 g/mol. The fraction of sp³-hybridized carbons (Fsp3) is 0.150. The molecule has 0 heterocycles. The number of amides is 2. The van der Waals surface area contributed by atoms with E-state index in [4.69, 9.17) is 9.47 Å². The summed E-state index contributed by atoms with van der Waals surface area (Å²) in [5.74, 6) is -1.28. The van der Waals surface area contributed by atoms with Gasteiger partial charge in [-0.15, -0.1) is 0 Å². The molecule has 0 unspecified atom stereocenters. The van der Waals surface area contributed by atoms with E-state index in [1.165, 1.54) is 54.6 Å². The molecule has 0 aliphatic carbocycles. The second kappa shape index (κ2) is 11.0. The van der Waals surface area contributed by atoms with E-state index in [0.717, 1.165) is 6.08 Å². The molecule has 2 amide bonds. The third-order valence-corrected chi connectivity index (χ3v) is 3.59. The summed E-state index contributed by atoms with van der Waals surface area (Å²) in [6.45, 7) is 1.62. The van der Waals surface area contributed by atoms with E-state index >= 15 is 0 Å². The largest absolute Gasteiger partial charge is 0.484 e. The lowest BCUT2D eigenvalue weighted by Crippen LogP contribution is -2.43. The predicted octanol–water partition coefficient (Wildman–Crippen LogP) is 2.01. The summed E-state index contributed by atoms with van der Waals surface area (Å²) in [5, 5.41) is 10.6. The monoisotopic (exact) mass is 413 g/mol. The lowest BCUT2D eigenvalue weighted by Gasteiger charge is -2.08. The van der Waals surface area contributed by atoms with E-state index in [2.05, 4.69) is 10.9 Å². The molecule has 0 aromatic heterocycles. The number of nitrogens with one attached hydrogen (secondary N) is 2. The van der Waals surface area contributed by atoms with Crippen LogP contribution in [0.5, 0.6) is 5.75 Å². The van der Waals surface area contributed by atoms with E-state index in [0.29, 0.717) is 16.9 Å². The number of nitro benzene ring substituents is 1. The number of non-ortho nitro benzene ring substituents is 1. The van der Waals surface area contributed by atoms with Gasteiger partial charge >= 0.3 is 5.97 Å². The summed E-state index contributed by atoms with van der Waals surface area (Å²) in [6.07, 6.45) is 2.60. The van der Waals surface area contributed by atoms with Crippen molar-refractivity contribution in [3.05, 3.63) is 75.8 Å². The van der Waals surface area contributed by atoms with Gasteiger partial charge in [0.05, 0.1) is 17.1 Å². The average Bonchev–Trinajstić information content (AvgIpc) is 2.75. The normalized spacial score (nSPS) is 10.3. The maximum atomic E-state index is 11.7. The van der Waals surface area contributed by atoms with Gasteiger partial charge in [0.1, 0.15) is 5.75 Å². The first kappa shape index (κ1) is 22.1. The Hall–Kier alpha value is -4.21. The van der Waals surface area contributed by atoms with Crippen LogP contribution in [0.4, 0.5) is 5.69 Å². The number of nitrogens with zero attached hydrogens (tertiary/aromatic N) is 1. The van der Waals surface area contributed by atoms with Crippen LogP contribution in [0.3, 0.4) is 0 Å². The van der Waals surface area contributed by atoms with Gasteiger partial charge in [-0.05, 0) is 55.0 Å². The summed E-state index contributed by atoms with van der Waals surface area (Å²) in [7, 11) is 0. The van der Waals surface area contributed by atoms with Gasteiger partial charge in [-0.3, -0.25) is 30.6 Å². The van der Waals surface area contributed by atoms with Crippen LogP contribution in [0.15, 0.2) is 54.6 Å². The van der Waals surface area contributed by atoms with Crippen molar-refractivity contribution >= 4 is 29.5 Å². The summed E-state index contributed by atoms with van der Waals surface area (Å²) in [4.78, 5) is 45.1. The molecule has 10 heteroatoms. The first-order valence-electron chi connectivity index (χ1n) is 8.80. The van der Waals surface area contributed by atoms with E-state index in [1.807, 2.05) is 0 Å². The molecule has 10 nitrogen and oxygen atoms in total. The van der Waals surface area contributed by atoms with Crippen molar-refractivity contribution in [3.63, 3.8) is 0 Å². The van der Waals surface area contributed by atoms with Gasteiger partial charge in [0.25, 0.3) is 17.5 Å². The fourth-order valence-electron chi connectivity index (χ4n) is 2.14. The maximum absolute atomic E-state index is 11.7. The Labute approximate surface area is 171 Å². The lowest BCUT2D eigenvalue weighted by molar-refractivity contribution is -0.384. The highest BCUT2D eigenvalue weighted by atomic mass is 16.6. The summed E-state index contributed by atoms with van der Waals surface area (Å²) in [5.41, 5.74) is 5.25. The zero-order valence-electron chi connectivity index (χ0n) is 16.0. The standard InChI is InChI=1S/C20H19N3O7/c1-2-29-20(26)15-6-10-17(11-7-15)30-13-19(25)22-21-18(24)12-5-14-3-8-16(9-4-14)23(27)28/h3-12H,2,13H2,1H3,(H,21,24)(H,22,25)/b12-5+. The topological polar surface area (TPSA) is 137 Å². The molecule has 30 heavy (non-hydrogen) atoms. The van der Waals surface area contributed by atoms with Gasteiger partial charge in [0.2, 0.25) is 0 Å². The first-order valence-corrected chi connectivity index (χ1v) is 8.80. The lowest BCUT2D eigenvalue weighted by atomic mass is 10.2. The third-order valence-electron chi connectivity index (χ3n) is 3.59. The van der Waals surface area contributed by atoms with Crippen LogP contribution < -0.4 is 15.6 Å². The minimum atomic E-state index is -0.597. The van der Waals surface area contributed by atoms with Gasteiger partial charge in [0, 0.05) is 18.2 Å². The number of hydrogen-bond acceptors (Lipinski definition) is 7. The van der Waals surface area contributed by atoms with Gasteiger partial charge in [-0.2, -0.15) is 0 Å². The molecule has 0 saturated carbocycles. The summed E-state index contributed by atoms with van der Waals surface area (Å²) in [6, 6.07) is 11.7. The van der Waals surface area contributed by atoms with Gasteiger partial charge in [0.15, 0.2) is 6.61 Å². The Kier molecular flexibility index (Phi) is 8.06. The number of esters is 1. The van der Waals surface area contributed by atoms with Crippen molar-refractivity contribution < 1.29 is 28.8 Å². The van der Waals surface area contributed by atoms with Crippen molar-refractivity contribution in [1.29, 1.82) is 0 Å². The molecule has 156 valence electrons. The molecule has 0 spiro atoms. The highest BCUT2D eigenvalue weighted by Crippen LogP contribution is 2.13. The Morgan fingerprint density at radius 1 is 1.03 bits per heavy atom. The van der Waals surface area contributed by atoms with Crippen LogP contribution >= 0.6 is 0 Å². The molecule has 2 aromatic rings. The number of rotatable bonds is 8. The highest BCUT2D eigenvalue weighted by Gasteiger charge is 2.08. The summed E-state index contributed by atoms with van der Waals surface area (Å²) < 4.78 is 10.1. The van der Waals surface area contributed by atoms with Gasteiger partial charge < -0.3 is 9.47 Å². The van der Waals surface area contributed by atoms with Crippen molar-refractivity contribution in [2.24, 2.45) is 0 Å². The second-order valence-electron chi connectivity index (χ2n) is 5.75. The second-order valence-corrected chi connectivity index (χ2v) is 5.75. The molecule has 0 bridgehead atoms. The quantitative estimate of drug-likeness (QED) is 0.292. The molecular formula is C20H19N3O7. The highest BCUT2D eigenvalue weighted by molar-refractivity contribution is 5.93. The van der Waals surface area contributed by atoms with Gasteiger partial charge in [-0.1, -0.05) is 0 Å². The molecule has 2 aromatic carbocycles. The van der Waals surface area contributed by atoms with E-state index in [-0.39, 0.29) is 18.9 Å². The Balaban J connectivity index is 1.74. The van der Waals surface area contributed by atoms with Crippen LogP contribution in [0, 0.1) is 10.1 Å². The zero-order chi connectivity index (χ0) is 21.9. The summed E-state index contributed by atoms with van der Waals surface area (Å²) >= 11 is 0. The Bertz CT molecular complexity index is 938. The number of ether oxygens (including phenoxy) is 2. The van der Waals surface area contributed by atoms with Crippen molar-refractivity contribution in [1.82, 2.24) is 10.9 Å². The molecule has 0 saturated heterocycles. The van der Waals surface area contributed by atoms with Crippen LogP contribution in [-0.4, -0.2) is 35.9 Å². The van der Waals surface area contributed by atoms with Crippen molar-refractivity contribution in [2.45, 2.75) is 6.92 Å². The maximum Gasteiger partial charge on any atom is 0.338 e. The number of nitro groups is 1. The number of hydrogen-bond donors (Lipinski definition) is 2.